The second kappa shape index (κ2) is 15.6. The van der Waals surface area contributed by atoms with E-state index in [0.717, 1.165) is 19.9 Å². The number of amides is 2. The minimum atomic E-state index is -4.21. The minimum absolute atomic E-state index is 0.0315. The number of halogens is 1. The summed E-state index contributed by atoms with van der Waals surface area (Å²) in [5.41, 5.74) is 1.91. The second-order valence-electron chi connectivity index (χ2n) is 10.7. The zero-order chi connectivity index (χ0) is 33.2. The van der Waals surface area contributed by atoms with Gasteiger partial charge < -0.3 is 15.0 Å². The summed E-state index contributed by atoms with van der Waals surface area (Å²) in [5.74, 6) is 0.231. The number of para-hydroxylation sites is 1. The smallest absolute Gasteiger partial charge is 0.264 e. The van der Waals surface area contributed by atoms with E-state index in [1.165, 1.54) is 24.1 Å². The van der Waals surface area contributed by atoms with E-state index >= 15 is 0 Å². The SMILES string of the molecule is CNC(=O)[C@@H](Cc1ccccc1)N(Cc1ccc(Br)cc1)C(=O)CN(c1ccc(Oc2ccccc2)cc1)S(=O)(=O)c1ccccc1. The predicted molar refractivity (Wildman–Crippen MR) is 187 cm³/mol. The van der Waals surface area contributed by atoms with Crippen molar-refractivity contribution in [1.82, 2.24) is 10.2 Å². The van der Waals surface area contributed by atoms with Crippen molar-refractivity contribution in [1.29, 1.82) is 0 Å². The van der Waals surface area contributed by atoms with Crippen molar-refractivity contribution in [3.05, 3.63) is 155 Å². The van der Waals surface area contributed by atoms with Crippen molar-refractivity contribution in [3.8, 4) is 11.5 Å². The molecule has 0 radical (unpaired) electrons. The quantitative estimate of drug-likeness (QED) is 0.145. The number of anilines is 1. The van der Waals surface area contributed by atoms with E-state index in [-0.39, 0.29) is 29.5 Å². The first kappa shape index (κ1) is 33.4. The highest BCUT2D eigenvalue weighted by Crippen LogP contribution is 2.29. The van der Waals surface area contributed by atoms with E-state index in [2.05, 4.69) is 21.2 Å². The first-order valence-electron chi connectivity index (χ1n) is 14.9. The maximum absolute atomic E-state index is 14.4. The topological polar surface area (TPSA) is 96.0 Å². The van der Waals surface area contributed by atoms with Gasteiger partial charge in [-0.05, 0) is 71.8 Å². The van der Waals surface area contributed by atoms with Crippen LogP contribution in [-0.4, -0.2) is 44.8 Å². The van der Waals surface area contributed by atoms with Gasteiger partial charge >= 0.3 is 0 Å². The Morgan fingerprint density at radius 3 is 1.87 bits per heavy atom. The number of nitrogens with one attached hydrogen (secondary N) is 1. The highest BCUT2D eigenvalue weighted by molar-refractivity contribution is 9.10. The number of sulfonamides is 1. The van der Waals surface area contributed by atoms with Gasteiger partial charge in [0.25, 0.3) is 10.0 Å². The van der Waals surface area contributed by atoms with Gasteiger partial charge in [0.1, 0.15) is 24.1 Å². The molecule has 0 aliphatic heterocycles. The molecule has 0 bridgehead atoms. The molecule has 0 saturated heterocycles. The second-order valence-corrected chi connectivity index (χ2v) is 13.5. The largest absolute Gasteiger partial charge is 0.457 e. The molecule has 5 aromatic rings. The summed E-state index contributed by atoms with van der Waals surface area (Å²) in [6.45, 7) is -0.463. The fraction of sp³-hybridized carbons (Fsp3) is 0.135. The van der Waals surface area contributed by atoms with Crippen LogP contribution in [0.3, 0.4) is 0 Å². The highest BCUT2D eigenvalue weighted by Gasteiger charge is 2.34. The summed E-state index contributed by atoms with van der Waals surface area (Å²) in [6, 6.07) is 39.6. The van der Waals surface area contributed by atoms with Crippen molar-refractivity contribution < 1.29 is 22.7 Å². The number of ether oxygens (including phenoxy) is 1. The number of hydrogen-bond donors (Lipinski definition) is 1. The van der Waals surface area contributed by atoms with Crippen LogP contribution in [0.5, 0.6) is 11.5 Å². The summed E-state index contributed by atoms with van der Waals surface area (Å²) in [4.78, 5) is 29.3. The van der Waals surface area contributed by atoms with Crippen molar-refractivity contribution in [2.45, 2.75) is 23.9 Å². The lowest BCUT2D eigenvalue weighted by Crippen LogP contribution is -2.53. The lowest BCUT2D eigenvalue weighted by molar-refractivity contribution is -0.139. The molecule has 2 amide bonds. The lowest BCUT2D eigenvalue weighted by Gasteiger charge is -2.33. The normalized spacial score (nSPS) is 11.7. The highest BCUT2D eigenvalue weighted by atomic mass is 79.9. The summed E-state index contributed by atoms with van der Waals surface area (Å²) in [7, 11) is -2.68. The third kappa shape index (κ3) is 8.66. The van der Waals surface area contributed by atoms with Crippen molar-refractivity contribution in [2.75, 3.05) is 17.9 Å². The number of nitrogens with zero attached hydrogens (tertiary/aromatic N) is 2. The molecule has 5 rings (SSSR count). The molecule has 240 valence electrons. The third-order valence-electron chi connectivity index (χ3n) is 7.50. The zero-order valence-electron chi connectivity index (χ0n) is 25.7. The van der Waals surface area contributed by atoms with Crippen LogP contribution in [0.1, 0.15) is 11.1 Å². The summed E-state index contributed by atoms with van der Waals surface area (Å²) < 4.78 is 36.2. The van der Waals surface area contributed by atoms with Gasteiger partial charge in [-0.25, -0.2) is 8.42 Å². The van der Waals surface area contributed by atoms with Gasteiger partial charge in [0.15, 0.2) is 0 Å². The molecule has 0 aromatic heterocycles. The van der Waals surface area contributed by atoms with Crippen LogP contribution in [-0.2, 0) is 32.6 Å². The Labute approximate surface area is 283 Å². The Morgan fingerprint density at radius 1 is 0.723 bits per heavy atom. The first-order chi connectivity index (χ1) is 22.7. The monoisotopic (exact) mass is 711 g/mol. The predicted octanol–water partition coefficient (Wildman–Crippen LogP) is 6.82. The van der Waals surface area contributed by atoms with E-state index in [1.807, 2.05) is 84.9 Å². The lowest BCUT2D eigenvalue weighted by atomic mass is 10.0. The van der Waals surface area contributed by atoms with Crippen molar-refractivity contribution in [3.63, 3.8) is 0 Å². The van der Waals surface area contributed by atoms with Crippen molar-refractivity contribution >= 4 is 43.5 Å². The molecule has 0 unspecified atom stereocenters. The van der Waals surface area contributed by atoms with Crippen LogP contribution in [0.15, 0.2) is 149 Å². The number of carbonyl (C=O) groups excluding carboxylic acids is 2. The molecule has 10 heteroatoms. The van der Waals surface area contributed by atoms with Crippen molar-refractivity contribution in [2.24, 2.45) is 0 Å². The average molecular weight is 713 g/mol. The Morgan fingerprint density at radius 2 is 1.28 bits per heavy atom. The minimum Gasteiger partial charge on any atom is -0.457 e. The van der Waals surface area contributed by atoms with E-state index < -0.39 is 28.5 Å². The summed E-state index contributed by atoms with van der Waals surface area (Å²) >= 11 is 3.45. The summed E-state index contributed by atoms with van der Waals surface area (Å²) in [6.07, 6.45) is 0.236. The Kier molecular flexibility index (Phi) is 11.1. The van der Waals surface area contributed by atoms with E-state index in [4.69, 9.17) is 4.74 Å². The molecule has 0 spiro atoms. The number of benzene rings is 5. The van der Waals surface area contributed by atoms with Gasteiger partial charge in [0.2, 0.25) is 11.8 Å². The van der Waals surface area contributed by atoms with Gasteiger partial charge in [0.05, 0.1) is 10.6 Å². The number of hydrogen-bond acceptors (Lipinski definition) is 5. The van der Waals surface area contributed by atoms with Crippen LogP contribution in [0.4, 0.5) is 5.69 Å². The first-order valence-corrected chi connectivity index (χ1v) is 17.2. The number of likely N-dealkylation sites (N-methyl/N-ethyl adjacent to an activating group) is 1. The van der Waals surface area contributed by atoms with Gasteiger partial charge in [0, 0.05) is 24.5 Å². The molecule has 47 heavy (non-hydrogen) atoms. The van der Waals surface area contributed by atoms with Gasteiger partial charge in [-0.15, -0.1) is 0 Å². The molecular formula is C37H34BrN3O5S. The Bertz CT molecular complexity index is 1870. The molecular weight excluding hydrogens is 678 g/mol. The van der Waals surface area contributed by atoms with E-state index in [1.54, 1.807) is 42.5 Å². The van der Waals surface area contributed by atoms with Crippen LogP contribution in [0, 0.1) is 0 Å². The maximum atomic E-state index is 14.4. The zero-order valence-corrected chi connectivity index (χ0v) is 28.1. The third-order valence-corrected chi connectivity index (χ3v) is 9.81. The van der Waals surface area contributed by atoms with Gasteiger partial charge in [-0.3, -0.25) is 13.9 Å². The molecule has 5 aromatic carbocycles. The molecule has 0 aliphatic rings. The van der Waals surface area contributed by atoms with E-state index in [9.17, 15) is 18.0 Å². The van der Waals surface area contributed by atoms with E-state index in [0.29, 0.717) is 11.5 Å². The van der Waals surface area contributed by atoms with Gasteiger partial charge in [-0.2, -0.15) is 0 Å². The van der Waals surface area contributed by atoms with Crippen LogP contribution < -0.4 is 14.4 Å². The molecule has 8 nitrogen and oxygen atoms in total. The molecule has 0 fully saturated rings. The summed E-state index contributed by atoms with van der Waals surface area (Å²) in [5, 5.41) is 2.70. The molecule has 1 N–H and O–H groups in total. The Hall–Kier alpha value is -4.93. The molecule has 0 saturated carbocycles. The standard InChI is InChI=1S/C37H34BrN3O5S/c1-39-37(43)35(25-28-11-5-2-6-12-28)40(26-29-17-19-30(38)20-18-29)36(42)27-41(47(44,45)34-15-9-4-10-16-34)31-21-23-33(24-22-31)46-32-13-7-3-8-14-32/h2-24,35H,25-27H2,1H3,(H,39,43)/t35-/m1/s1. The Balaban J connectivity index is 1.53. The fourth-order valence-electron chi connectivity index (χ4n) is 5.06. The number of rotatable bonds is 13. The fourth-order valence-corrected chi connectivity index (χ4v) is 6.76. The van der Waals surface area contributed by atoms with Gasteiger partial charge in [-0.1, -0.05) is 94.8 Å². The average Bonchev–Trinajstić information content (AvgIpc) is 3.10. The van der Waals surface area contributed by atoms with Crippen LogP contribution in [0.2, 0.25) is 0 Å². The van der Waals surface area contributed by atoms with Crippen LogP contribution in [0.25, 0.3) is 0 Å². The number of carbonyl (C=O) groups is 2. The molecule has 0 aliphatic carbocycles. The molecule has 1 atom stereocenters. The van der Waals surface area contributed by atoms with Crippen LogP contribution >= 0.6 is 15.9 Å². The molecule has 0 heterocycles. The maximum Gasteiger partial charge on any atom is 0.264 e.